The molecule has 0 aliphatic carbocycles. The van der Waals surface area contributed by atoms with Crippen molar-refractivity contribution >= 4 is 53.7 Å². The van der Waals surface area contributed by atoms with Gasteiger partial charge in [0.2, 0.25) is 5.91 Å². The first kappa shape index (κ1) is 27.3. The summed E-state index contributed by atoms with van der Waals surface area (Å²) in [5, 5.41) is 0.777. The maximum atomic E-state index is 13.9. The number of likely N-dealkylation sites (N-methyl/N-ethyl adjacent to an activating group) is 1. The van der Waals surface area contributed by atoms with Crippen molar-refractivity contribution in [1.82, 2.24) is 4.90 Å². The number of rotatable bonds is 6. The first-order valence-electron chi connectivity index (χ1n) is 11.8. The van der Waals surface area contributed by atoms with Crippen LogP contribution < -0.4 is 9.80 Å². The molecule has 0 spiro atoms. The standard InChI is InChI=1S/C28H30ClN3O.2ClH/c1-2-32-26-14-7-6-13-25(26)28(27(32)33,22-9-4-3-5-10-22)15-16-30-17-19-31(20-18-30)24-12-8-11-23(29)21-24;;/h3-14,21H,2,15-20H2,1H3;2*1H. The topological polar surface area (TPSA) is 26.8 Å². The number of piperazine rings is 1. The van der Waals surface area contributed by atoms with Gasteiger partial charge in [0, 0.05) is 49.1 Å². The zero-order valence-corrected chi connectivity index (χ0v) is 22.3. The van der Waals surface area contributed by atoms with Crippen molar-refractivity contribution in [2.75, 3.05) is 49.1 Å². The highest BCUT2D eigenvalue weighted by molar-refractivity contribution is 6.30. The molecule has 4 nitrogen and oxygen atoms in total. The molecule has 2 aliphatic rings. The fraction of sp³-hybridized carbons (Fsp3) is 0.321. The van der Waals surface area contributed by atoms with Gasteiger partial charge < -0.3 is 9.80 Å². The number of hydrogen-bond acceptors (Lipinski definition) is 3. The largest absolute Gasteiger partial charge is 0.369 e. The predicted octanol–water partition coefficient (Wildman–Crippen LogP) is 6.05. The SMILES string of the molecule is CCN1C(=O)C(CCN2CCN(c3cccc(Cl)c3)CC2)(c2ccccc2)c2ccccc21.Cl.Cl. The smallest absolute Gasteiger partial charge is 0.242 e. The quantitative estimate of drug-likeness (QED) is 0.387. The van der Waals surface area contributed by atoms with Crippen LogP contribution in [0.25, 0.3) is 0 Å². The van der Waals surface area contributed by atoms with Gasteiger partial charge in [-0.15, -0.1) is 24.8 Å². The second-order valence-corrected chi connectivity index (χ2v) is 9.33. The van der Waals surface area contributed by atoms with E-state index in [1.807, 2.05) is 47.4 Å². The van der Waals surface area contributed by atoms with E-state index in [1.165, 1.54) is 5.69 Å². The van der Waals surface area contributed by atoms with E-state index in [4.69, 9.17) is 11.6 Å². The third-order valence-corrected chi connectivity index (χ3v) is 7.43. The molecular weight excluding hydrogens is 501 g/mol. The molecular formula is C28H32Cl3N3O. The molecule has 0 N–H and O–H groups in total. The Morgan fingerprint density at radius 1 is 0.857 bits per heavy atom. The van der Waals surface area contributed by atoms with Crippen LogP contribution >= 0.6 is 36.4 Å². The second kappa shape index (κ2) is 11.7. The van der Waals surface area contributed by atoms with E-state index in [0.717, 1.165) is 61.0 Å². The van der Waals surface area contributed by atoms with Gasteiger partial charge in [0.05, 0.1) is 0 Å². The molecule has 5 rings (SSSR count). The lowest BCUT2D eigenvalue weighted by Crippen LogP contribution is -2.49. The van der Waals surface area contributed by atoms with E-state index < -0.39 is 5.41 Å². The van der Waals surface area contributed by atoms with Crippen molar-refractivity contribution in [3.05, 3.63) is 95.0 Å². The summed E-state index contributed by atoms with van der Waals surface area (Å²) in [4.78, 5) is 20.8. The summed E-state index contributed by atoms with van der Waals surface area (Å²) in [5.41, 5.74) is 3.84. The Kier molecular flexibility index (Phi) is 9.11. The number of nitrogens with zero attached hydrogens (tertiary/aromatic N) is 3. The van der Waals surface area contributed by atoms with Crippen LogP contribution in [0.5, 0.6) is 0 Å². The minimum absolute atomic E-state index is 0. The summed E-state index contributed by atoms with van der Waals surface area (Å²) in [6.07, 6.45) is 0.778. The van der Waals surface area contributed by atoms with Gasteiger partial charge in [0.1, 0.15) is 5.41 Å². The maximum Gasteiger partial charge on any atom is 0.242 e. The molecule has 2 heterocycles. The highest BCUT2D eigenvalue weighted by atomic mass is 35.5. The minimum atomic E-state index is -0.627. The number of carbonyl (C=O) groups is 1. The molecule has 35 heavy (non-hydrogen) atoms. The summed E-state index contributed by atoms with van der Waals surface area (Å²) in [6.45, 7) is 7.51. The Hall–Kier alpha value is -2.24. The number of benzene rings is 3. The van der Waals surface area contributed by atoms with Crippen molar-refractivity contribution in [3.8, 4) is 0 Å². The lowest BCUT2D eigenvalue weighted by atomic mass is 9.72. The van der Waals surface area contributed by atoms with Crippen molar-refractivity contribution in [1.29, 1.82) is 0 Å². The Bertz CT molecular complexity index is 1140. The molecule has 7 heteroatoms. The molecule has 2 aliphatic heterocycles. The van der Waals surface area contributed by atoms with Crippen LogP contribution in [0.1, 0.15) is 24.5 Å². The van der Waals surface area contributed by atoms with E-state index >= 15 is 0 Å². The molecule has 0 bridgehead atoms. The summed E-state index contributed by atoms with van der Waals surface area (Å²) >= 11 is 6.19. The highest BCUT2D eigenvalue weighted by Crippen LogP contribution is 2.48. The predicted molar refractivity (Wildman–Crippen MR) is 151 cm³/mol. The Labute approximate surface area is 225 Å². The monoisotopic (exact) mass is 531 g/mol. The highest BCUT2D eigenvalue weighted by Gasteiger charge is 2.51. The molecule has 1 unspecified atom stereocenters. The Balaban J connectivity index is 0.00000171. The van der Waals surface area contributed by atoms with Gasteiger partial charge in [-0.2, -0.15) is 0 Å². The van der Waals surface area contributed by atoms with Gasteiger partial charge in [-0.05, 0) is 55.3 Å². The Morgan fingerprint density at radius 2 is 1.54 bits per heavy atom. The van der Waals surface area contributed by atoms with E-state index in [2.05, 4.69) is 53.1 Å². The fourth-order valence-corrected chi connectivity index (χ4v) is 5.64. The Morgan fingerprint density at radius 3 is 2.23 bits per heavy atom. The molecule has 0 radical (unpaired) electrons. The number of anilines is 2. The molecule has 0 aromatic heterocycles. The third-order valence-electron chi connectivity index (χ3n) is 7.20. The number of carbonyl (C=O) groups excluding carboxylic acids is 1. The number of fused-ring (bicyclic) bond motifs is 1. The van der Waals surface area contributed by atoms with Crippen molar-refractivity contribution in [2.24, 2.45) is 0 Å². The summed E-state index contributed by atoms with van der Waals surface area (Å²) < 4.78 is 0. The number of para-hydroxylation sites is 1. The van der Waals surface area contributed by atoms with Crippen molar-refractivity contribution < 1.29 is 4.79 Å². The van der Waals surface area contributed by atoms with Crippen LogP contribution in [-0.2, 0) is 10.2 Å². The van der Waals surface area contributed by atoms with Gasteiger partial charge in [0.25, 0.3) is 0 Å². The number of halogens is 3. The average Bonchev–Trinajstić information content (AvgIpc) is 3.11. The maximum absolute atomic E-state index is 13.9. The summed E-state index contributed by atoms with van der Waals surface area (Å²) in [6, 6.07) is 26.8. The van der Waals surface area contributed by atoms with Crippen molar-refractivity contribution in [3.63, 3.8) is 0 Å². The lowest BCUT2D eigenvalue weighted by molar-refractivity contribution is -0.122. The first-order chi connectivity index (χ1) is 16.1. The third kappa shape index (κ3) is 5.03. The minimum Gasteiger partial charge on any atom is -0.369 e. The zero-order valence-electron chi connectivity index (χ0n) is 19.9. The van der Waals surface area contributed by atoms with Crippen LogP contribution in [0.2, 0.25) is 5.02 Å². The summed E-state index contributed by atoms with van der Waals surface area (Å²) in [5.74, 6) is 0.204. The van der Waals surface area contributed by atoms with Gasteiger partial charge in [-0.3, -0.25) is 9.69 Å². The average molecular weight is 533 g/mol. The van der Waals surface area contributed by atoms with Crippen LogP contribution in [0.3, 0.4) is 0 Å². The fourth-order valence-electron chi connectivity index (χ4n) is 5.45. The normalized spacial score (nSPS) is 19.7. The van der Waals surface area contributed by atoms with Crippen LogP contribution in [-0.4, -0.2) is 50.1 Å². The van der Waals surface area contributed by atoms with Crippen LogP contribution in [0.4, 0.5) is 11.4 Å². The van der Waals surface area contributed by atoms with Crippen LogP contribution in [0.15, 0.2) is 78.9 Å². The summed E-state index contributed by atoms with van der Waals surface area (Å²) in [7, 11) is 0. The number of hydrogen-bond donors (Lipinski definition) is 0. The molecule has 3 aromatic carbocycles. The second-order valence-electron chi connectivity index (χ2n) is 8.90. The van der Waals surface area contributed by atoms with E-state index in [9.17, 15) is 4.79 Å². The molecule has 1 saturated heterocycles. The molecule has 186 valence electrons. The lowest BCUT2D eigenvalue weighted by Gasteiger charge is -2.38. The van der Waals surface area contributed by atoms with Crippen LogP contribution in [0, 0.1) is 0 Å². The first-order valence-corrected chi connectivity index (χ1v) is 12.2. The molecule has 1 amide bonds. The van der Waals surface area contributed by atoms with E-state index in [1.54, 1.807) is 0 Å². The van der Waals surface area contributed by atoms with Gasteiger partial charge in [0.15, 0.2) is 0 Å². The van der Waals surface area contributed by atoms with E-state index in [-0.39, 0.29) is 30.7 Å². The van der Waals surface area contributed by atoms with Gasteiger partial charge >= 0.3 is 0 Å². The van der Waals surface area contributed by atoms with E-state index in [0.29, 0.717) is 6.54 Å². The van der Waals surface area contributed by atoms with Gasteiger partial charge in [-0.1, -0.05) is 66.2 Å². The number of amides is 1. The zero-order chi connectivity index (χ0) is 22.8. The molecule has 1 atom stereocenters. The molecule has 1 fully saturated rings. The van der Waals surface area contributed by atoms with Gasteiger partial charge in [-0.25, -0.2) is 0 Å². The molecule has 3 aromatic rings. The molecule has 0 saturated carbocycles. The van der Waals surface area contributed by atoms with Crippen molar-refractivity contribution in [2.45, 2.75) is 18.8 Å².